The van der Waals surface area contributed by atoms with Crippen LogP contribution in [-0.2, 0) is 9.53 Å². The number of carbonyl (C=O) groups excluding carboxylic acids is 1. The lowest BCUT2D eigenvalue weighted by atomic mass is 10.1. The largest absolute Gasteiger partial charge is 0.394 e. The van der Waals surface area contributed by atoms with Crippen LogP contribution in [-0.4, -0.2) is 74.5 Å². The molecule has 1 aromatic rings. The molecule has 13 heteroatoms. The summed E-state index contributed by atoms with van der Waals surface area (Å²) in [6.07, 6.45) is -2.81. The molecule has 1 fully saturated rings. The first kappa shape index (κ1) is 21.2. The van der Waals surface area contributed by atoms with E-state index in [1.807, 2.05) is 0 Å². The van der Waals surface area contributed by atoms with E-state index in [0.29, 0.717) is 13.0 Å². The lowest BCUT2D eigenvalue weighted by Gasteiger charge is -2.20. The summed E-state index contributed by atoms with van der Waals surface area (Å²) >= 11 is 0.959. The molecule has 2 rings (SSSR count). The summed E-state index contributed by atoms with van der Waals surface area (Å²) in [5.41, 5.74) is 7.63. The van der Waals surface area contributed by atoms with Gasteiger partial charge in [0.25, 0.3) is 5.56 Å². The molecule has 1 saturated heterocycles. The first-order valence-electron chi connectivity index (χ1n) is 8.10. The highest BCUT2D eigenvalue weighted by Gasteiger charge is 2.43. The van der Waals surface area contributed by atoms with Crippen LogP contribution in [0, 0.1) is 0 Å². The Kier molecular flexibility index (Phi) is 8.03. The van der Waals surface area contributed by atoms with Crippen LogP contribution >= 0.6 is 11.8 Å². The summed E-state index contributed by atoms with van der Waals surface area (Å²) in [5.74, 6) is -0.362. The fourth-order valence-electron chi connectivity index (χ4n) is 2.41. The average molecular weight is 400 g/mol. The summed E-state index contributed by atoms with van der Waals surface area (Å²) in [4.78, 5) is 29.9. The zero-order valence-electron chi connectivity index (χ0n) is 14.2. The van der Waals surface area contributed by atoms with Crippen LogP contribution in [0.5, 0.6) is 0 Å². The van der Waals surface area contributed by atoms with Crippen LogP contribution in [0.25, 0.3) is 10.4 Å². The van der Waals surface area contributed by atoms with Gasteiger partial charge in [0.05, 0.1) is 12.4 Å². The Labute approximate surface area is 157 Å². The van der Waals surface area contributed by atoms with Gasteiger partial charge in [-0.1, -0.05) is 16.9 Å². The molecule has 4 N–H and O–H groups in total. The highest BCUT2D eigenvalue weighted by molar-refractivity contribution is 7.99. The minimum Gasteiger partial charge on any atom is -0.394 e. The van der Waals surface area contributed by atoms with Gasteiger partial charge >= 0.3 is 0 Å². The average Bonchev–Trinajstić information content (AvgIpc) is 2.94. The van der Waals surface area contributed by atoms with Crippen LogP contribution in [0.3, 0.4) is 0 Å². The molecule has 0 spiro atoms. The lowest BCUT2D eigenvalue weighted by molar-refractivity contribution is -0.118. The normalized spacial score (nSPS) is 24.4. The smallest absolute Gasteiger partial charge is 0.273 e. The summed E-state index contributed by atoms with van der Waals surface area (Å²) in [6.45, 7) is 0.125. The van der Waals surface area contributed by atoms with Gasteiger partial charge in [-0.3, -0.25) is 14.2 Å². The number of thioether (sulfide) groups is 1. The van der Waals surface area contributed by atoms with Crippen molar-refractivity contribution in [2.75, 3.05) is 25.4 Å². The van der Waals surface area contributed by atoms with Gasteiger partial charge in [0.2, 0.25) is 5.91 Å². The van der Waals surface area contributed by atoms with Gasteiger partial charge in [-0.05, 0) is 12.0 Å². The number of rotatable bonds is 9. The zero-order chi connectivity index (χ0) is 19.8. The molecule has 1 amide bonds. The Hall–Kier alpha value is -2.15. The minimum atomic E-state index is -1.33. The number of azide groups is 1. The molecule has 4 atom stereocenters. The molecule has 1 aliphatic heterocycles. The SMILES string of the molecule is [N-]=[N+]=NCCCNC(=O)CSc1nc(=O)ccn1[C@@H]1O[C@H](CO)[C@@H](O)[C@H]1O. The van der Waals surface area contributed by atoms with E-state index < -0.39 is 36.7 Å². The molecule has 0 saturated carbocycles. The lowest BCUT2D eigenvalue weighted by Crippen LogP contribution is -2.33. The van der Waals surface area contributed by atoms with E-state index in [-0.39, 0.29) is 23.4 Å². The summed E-state index contributed by atoms with van der Waals surface area (Å²) in [6, 6.07) is 1.16. The molecule has 1 aromatic heterocycles. The Morgan fingerprint density at radius 1 is 1.48 bits per heavy atom. The summed E-state index contributed by atoms with van der Waals surface area (Å²) in [5, 5.41) is 35.3. The number of nitrogens with zero attached hydrogens (tertiary/aromatic N) is 5. The molecule has 1 aliphatic rings. The monoisotopic (exact) mass is 400 g/mol. The fraction of sp³-hybridized carbons (Fsp3) is 0.643. The number of nitrogens with one attached hydrogen (secondary N) is 1. The van der Waals surface area contributed by atoms with Crippen molar-refractivity contribution in [2.45, 2.75) is 36.1 Å². The maximum absolute atomic E-state index is 11.9. The molecule has 12 nitrogen and oxygen atoms in total. The third-order valence-corrected chi connectivity index (χ3v) is 4.72. The molecule has 0 bridgehead atoms. The minimum absolute atomic E-state index is 0.0488. The fourth-order valence-corrected chi connectivity index (χ4v) is 3.24. The van der Waals surface area contributed by atoms with Crippen molar-refractivity contribution in [3.8, 4) is 0 Å². The second kappa shape index (κ2) is 10.3. The zero-order valence-corrected chi connectivity index (χ0v) is 15.0. The van der Waals surface area contributed by atoms with Gasteiger partial charge in [-0.15, -0.1) is 0 Å². The van der Waals surface area contributed by atoms with Crippen LogP contribution in [0.2, 0.25) is 0 Å². The number of aliphatic hydroxyl groups is 3. The van der Waals surface area contributed by atoms with Crippen LogP contribution in [0.15, 0.2) is 27.3 Å². The second-order valence-corrected chi connectivity index (χ2v) is 6.57. The van der Waals surface area contributed by atoms with E-state index >= 15 is 0 Å². The number of hydrogen-bond donors (Lipinski definition) is 4. The van der Waals surface area contributed by atoms with Gasteiger partial charge in [0.1, 0.15) is 18.3 Å². The van der Waals surface area contributed by atoms with Crippen molar-refractivity contribution in [2.24, 2.45) is 5.11 Å². The number of ether oxygens (including phenoxy) is 1. The topological polar surface area (TPSA) is 183 Å². The van der Waals surface area contributed by atoms with Crippen molar-refractivity contribution < 1.29 is 24.9 Å². The number of aliphatic hydroxyl groups excluding tert-OH is 3. The van der Waals surface area contributed by atoms with Crippen LogP contribution in [0.4, 0.5) is 0 Å². The van der Waals surface area contributed by atoms with Gasteiger partial charge in [0, 0.05) is 30.3 Å². The molecular formula is C14H20N6O6S. The summed E-state index contributed by atoms with van der Waals surface area (Å²) < 4.78 is 6.77. The quantitative estimate of drug-likeness (QED) is 0.0991. The van der Waals surface area contributed by atoms with Gasteiger partial charge in [-0.2, -0.15) is 4.98 Å². The Morgan fingerprint density at radius 3 is 2.93 bits per heavy atom. The van der Waals surface area contributed by atoms with E-state index in [2.05, 4.69) is 20.3 Å². The Balaban J connectivity index is 2.01. The van der Waals surface area contributed by atoms with E-state index in [4.69, 9.17) is 10.3 Å². The first-order valence-corrected chi connectivity index (χ1v) is 9.08. The van der Waals surface area contributed by atoms with Crippen molar-refractivity contribution in [3.63, 3.8) is 0 Å². The molecule has 148 valence electrons. The Morgan fingerprint density at radius 2 is 2.26 bits per heavy atom. The highest BCUT2D eigenvalue weighted by Crippen LogP contribution is 2.31. The van der Waals surface area contributed by atoms with E-state index in [1.165, 1.54) is 10.8 Å². The van der Waals surface area contributed by atoms with Gasteiger partial charge < -0.3 is 25.4 Å². The van der Waals surface area contributed by atoms with Gasteiger partial charge in [-0.25, -0.2) is 0 Å². The van der Waals surface area contributed by atoms with E-state index in [1.54, 1.807) is 0 Å². The number of amides is 1. The summed E-state index contributed by atoms with van der Waals surface area (Å²) in [7, 11) is 0. The molecule has 0 aromatic carbocycles. The molecular weight excluding hydrogens is 380 g/mol. The Bertz CT molecular complexity index is 754. The maximum Gasteiger partial charge on any atom is 0.273 e. The van der Waals surface area contributed by atoms with Crippen molar-refractivity contribution in [1.82, 2.24) is 14.9 Å². The van der Waals surface area contributed by atoms with E-state index in [0.717, 1.165) is 17.8 Å². The third kappa shape index (κ3) is 5.66. The maximum atomic E-state index is 11.9. The predicted octanol–water partition coefficient (Wildman–Crippen LogP) is -1.24. The number of hydrogen-bond acceptors (Lipinski definition) is 9. The number of carbonyl (C=O) groups is 1. The second-order valence-electron chi connectivity index (χ2n) is 5.63. The molecule has 0 unspecified atom stereocenters. The van der Waals surface area contributed by atoms with Crippen molar-refractivity contribution in [1.29, 1.82) is 0 Å². The predicted molar refractivity (Wildman–Crippen MR) is 93.9 cm³/mol. The van der Waals surface area contributed by atoms with Crippen LogP contribution in [0.1, 0.15) is 12.6 Å². The molecule has 0 aliphatic carbocycles. The highest BCUT2D eigenvalue weighted by atomic mass is 32.2. The standard InChI is InChI=1S/C14H20N6O6S/c15-19-17-4-1-3-16-10(23)7-27-14-18-9(22)2-5-20(14)13-12(25)11(24)8(6-21)26-13/h2,5,8,11-13,21,24-25H,1,3-4,6-7H2,(H,16,23)/t8-,11-,12-,13-/m1/s1. The van der Waals surface area contributed by atoms with Crippen molar-refractivity contribution >= 4 is 17.7 Å². The first-order chi connectivity index (χ1) is 13.0. The number of aromatic nitrogens is 2. The van der Waals surface area contributed by atoms with E-state index in [9.17, 15) is 24.9 Å². The molecule has 2 heterocycles. The molecule has 27 heavy (non-hydrogen) atoms. The molecule has 0 radical (unpaired) electrons. The third-order valence-electron chi connectivity index (χ3n) is 3.75. The van der Waals surface area contributed by atoms with Crippen LogP contribution < -0.4 is 10.9 Å². The van der Waals surface area contributed by atoms with Gasteiger partial charge in [0.15, 0.2) is 11.4 Å². The van der Waals surface area contributed by atoms with Crippen molar-refractivity contribution in [3.05, 3.63) is 33.1 Å².